The zero-order chi connectivity index (χ0) is 21.7. The zero-order valence-electron chi connectivity index (χ0n) is 17.8. The number of nitrogens with one attached hydrogen (secondary N) is 1. The summed E-state index contributed by atoms with van der Waals surface area (Å²) in [6, 6.07) is 18.9. The lowest BCUT2D eigenvalue weighted by molar-refractivity contribution is -0.126. The first-order valence-corrected chi connectivity index (χ1v) is 12.6. The molecule has 2 aromatic carbocycles. The second-order valence-electron chi connectivity index (χ2n) is 8.43. The Kier molecular flexibility index (Phi) is 7.05. The van der Waals surface area contributed by atoms with E-state index < -0.39 is 10.0 Å². The molecular weight excluding hydrogens is 410 g/mol. The molecule has 1 N–H and O–H groups in total. The molecule has 6 nitrogen and oxygen atoms in total. The van der Waals surface area contributed by atoms with Crippen LogP contribution in [0.25, 0.3) is 0 Å². The molecule has 0 bridgehead atoms. The van der Waals surface area contributed by atoms with Crippen LogP contribution in [0.15, 0.2) is 65.6 Å². The van der Waals surface area contributed by atoms with Crippen LogP contribution in [0.3, 0.4) is 0 Å². The van der Waals surface area contributed by atoms with E-state index in [9.17, 15) is 13.2 Å². The summed E-state index contributed by atoms with van der Waals surface area (Å²) in [6.45, 7) is 3.33. The van der Waals surface area contributed by atoms with Crippen molar-refractivity contribution in [3.05, 3.63) is 66.2 Å². The van der Waals surface area contributed by atoms with Crippen LogP contribution >= 0.6 is 0 Å². The number of hydrogen-bond donors (Lipinski definition) is 1. The van der Waals surface area contributed by atoms with Crippen LogP contribution in [-0.4, -0.2) is 56.3 Å². The lowest BCUT2D eigenvalue weighted by Gasteiger charge is -2.32. The average molecular weight is 442 g/mol. The van der Waals surface area contributed by atoms with Crippen LogP contribution in [-0.2, 0) is 14.8 Å². The Morgan fingerprint density at radius 1 is 0.935 bits per heavy atom. The molecule has 0 aliphatic carbocycles. The fourth-order valence-electron chi connectivity index (χ4n) is 4.64. The van der Waals surface area contributed by atoms with Crippen molar-refractivity contribution in [2.75, 3.05) is 32.7 Å². The number of benzene rings is 2. The standard InChI is InChI=1S/C24H31N3O3S/c28-24(25-18-23(26-15-7-8-16-26)20-10-3-1-4-11-20)21-12-9-17-27(19-21)31(29,30)22-13-5-2-6-14-22/h1-6,10-11,13-14,21,23H,7-9,12,15-19H2,(H,25,28). The van der Waals surface area contributed by atoms with Crippen molar-refractivity contribution in [1.82, 2.24) is 14.5 Å². The molecule has 4 rings (SSSR count). The minimum Gasteiger partial charge on any atom is -0.354 e. The number of carbonyl (C=O) groups is 1. The van der Waals surface area contributed by atoms with Gasteiger partial charge in [-0.3, -0.25) is 9.69 Å². The zero-order valence-corrected chi connectivity index (χ0v) is 18.6. The third kappa shape index (κ3) is 5.17. The lowest BCUT2D eigenvalue weighted by atomic mass is 9.98. The van der Waals surface area contributed by atoms with Gasteiger partial charge in [0, 0.05) is 19.6 Å². The second kappa shape index (κ2) is 9.94. The van der Waals surface area contributed by atoms with Gasteiger partial charge in [0.2, 0.25) is 15.9 Å². The van der Waals surface area contributed by atoms with Gasteiger partial charge in [0.15, 0.2) is 0 Å². The van der Waals surface area contributed by atoms with Gasteiger partial charge in [-0.2, -0.15) is 4.31 Å². The molecular formula is C24H31N3O3S. The molecule has 0 saturated carbocycles. The average Bonchev–Trinajstić information content (AvgIpc) is 3.35. The van der Waals surface area contributed by atoms with Gasteiger partial charge >= 0.3 is 0 Å². The van der Waals surface area contributed by atoms with Crippen LogP contribution in [0, 0.1) is 5.92 Å². The van der Waals surface area contributed by atoms with E-state index in [1.807, 2.05) is 18.2 Å². The van der Waals surface area contributed by atoms with Crippen LogP contribution in [0.2, 0.25) is 0 Å². The number of carbonyl (C=O) groups excluding carboxylic acids is 1. The highest BCUT2D eigenvalue weighted by Crippen LogP contribution is 2.26. The fraction of sp³-hybridized carbons (Fsp3) is 0.458. The van der Waals surface area contributed by atoms with Crippen LogP contribution in [0.4, 0.5) is 0 Å². The molecule has 0 aromatic heterocycles. The predicted octanol–water partition coefficient (Wildman–Crippen LogP) is 3.04. The number of hydrogen-bond acceptors (Lipinski definition) is 4. The number of piperidine rings is 1. The van der Waals surface area contributed by atoms with E-state index in [0.717, 1.165) is 13.1 Å². The highest BCUT2D eigenvalue weighted by Gasteiger charge is 2.33. The van der Waals surface area contributed by atoms with Crippen LogP contribution in [0.5, 0.6) is 0 Å². The minimum absolute atomic E-state index is 0.0481. The van der Waals surface area contributed by atoms with Gasteiger partial charge in [-0.25, -0.2) is 8.42 Å². The normalized spacial score (nSPS) is 21.6. The van der Waals surface area contributed by atoms with E-state index in [4.69, 9.17) is 0 Å². The molecule has 2 heterocycles. The van der Waals surface area contributed by atoms with Crippen molar-refractivity contribution in [2.45, 2.75) is 36.6 Å². The Morgan fingerprint density at radius 2 is 1.58 bits per heavy atom. The maximum atomic E-state index is 13.0. The van der Waals surface area contributed by atoms with E-state index in [-0.39, 0.29) is 29.3 Å². The molecule has 2 atom stereocenters. The number of sulfonamides is 1. The molecule has 0 spiro atoms. The van der Waals surface area contributed by atoms with E-state index in [1.54, 1.807) is 30.3 Å². The molecule has 7 heteroatoms. The summed E-state index contributed by atoms with van der Waals surface area (Å²) in [7, 11) is -3.57. The summed E-state index contributed by atoms with van der Waals surface area (Å²) in [6.07, 6.45) is 3.78. The third-order valence-electron chi connectivity index (χ3n) is 6.37. The lowest BCUT2D eigenvalue weighted by Crippen LogP contribution is -2.46. The predicted molar refractivity (Wildman–Crippen MR) is 121 cm³/mol. The Morgan fingerprint density at radius 3 is 2.26 bits per heavy atom. The topological polar surface area (TPSA) is 69.7 Å². The second-order valence-corrected chi connectivity index (χ2v) is 10.4. The Balaban J connectivity index is 1.40. The van der Waals surface area contributed by atoms with E-state index in [0.29, 0.717) is 25.9 Å². The summed E-state index contributed by atoms with van der Waals surface area (Å²) in [5.74, 6) is -0.365. The Hall–Kier alpha value is -2.22. The van der Waals surface area contributed by atoms with Gasteiger partial charge in [0.05, 0.1) is 16.9 Å². The summed E-state index contributed by atoms with van der Waals surface area (Å²) in [5.41, 5.74) is 1.21. The summed E-state index contributed by atoms with van der Waals surface area (Å²) < 4.78 is 27.4. The van der Waals surface area contributed by atoms with Crippen LogP contribution in [0.1, 0.15) is 37.3 Å². The molecule has 2 aliphatic heterocycles. The monoisotopic (exact) mass is 441 g/mol. The molecule has 2 unspecified atom stereocenters. The van der Waals surface area contributed by atoms with Crippen molar-refractivity contribution in [3.8, 4) is 0 Å². The summed E-state index contributed by atoms with van der Waals surface area (Å²) >= 11 is 0. The first-order valence-electron chi connectivity index (χ1n) is 11.2. The van der Waals surface area contributed by atoms with Crippen molar-refractivity contribution < 1.29 is 13.2 Å². The van der Waals surface area contributed by atoms with Crippen molar-refractivity contribution >= 4 is 15.9 Å². The Bertz CT molecular complexity index is 960. The molecule has 1 amide bonds. The van der Waals surface area contributed by atoms with Crippen molar-refractivity contribution in [1.29, 1.82) is 0 Å². The first-order chi connectivity index (χ1) is 15.1. The van der Waals surface area contributed by atoms with Crippen LogP contribution < -0.4 is 5.32 Å². The van der Waals surface area contributed by atoms with Crippen molar-refractivity contribution in [3.63, 3.8) is 0 Å². The fourth-order valence-corrected chi connectivity index (χ4v) is 6.19. The van der Waals surface area contributed by atoms with Gasteiger partial charge < -0.3 is 5.32 Å². The smallest absolute Gasteiger partial charge is 0.243 e. The van der Waals surface area contributed by atoms with Crippen molar-refractivity contribution in [2.24, 2.45) is 5.92 Å². The maximum Gasteiger partial charge on any atom is 0.243 e. The highest BCUT2D eigenvalue weighted by molar-refractivity contribution is 7.89. The Labute approximate surface area is 185 Å². The van der Waals surface area contributed by atoms with E-state index >= 15 is 0 Å². The SMILES string of the molecule is O=C(NCC(c1ccccc1)N1CCCC1)C1CCCN(S(=O)(=O)c2ccccc2)C1. The van der Waals surface area contributed by atoms with Gasteiger partial charge in [0.1, 0.15) is 0 Å². The number of rotatable bonds is 7. The maximum absolute atomic E-state index is 13.0. The molecule has 2 aliphatic rings. The molecule has 31 heavy (non-hydrogen) atoms. The number of amides is 1. The largest absolute Gasteiger partial charge is 0.354 e. The van der Waals surface area contributed by atoms with Gasteiger partial charge in [-0.15, -0.1) is 0 Å². The molecule has 2 saturated heterocycles. The molecule has 2 fully saturated rings. The minimum atomic E-state index is -3.57. The highest BCUT2D eigenvalue weighted by atomic mass is 32.2. The first kappa shape index (κ1) is 22.0. The number of nitrogens with zero attached hydrogens (tertiary/aromatic N) is 2. The summed E-state index contributed by atoms with van der Waals surface area (Å²) in [4.78, 5) is 15.7. The van der Waals surface area contributed by atoms with Gasteiger partial charge in [-0.05, 0) is 56.5 Å². The van der Waals surface area contributed by atoms with Gasteiger partial charge in [-0.1, -0.05) is 48.5 Å². The third-order valence-corrected chi connectivity index (χ3v) is 8.25. The van der Waals surface area contributed by atoms with Gasteiger partial charge in [0.25, 0.3) is 0 Å². The molecule has 2 aromatic rings. The quantitative estimate of drug-likeness (QED) is 0.717. The molecule has 166 valence electrons. The van der Waals surface area contributed by atoms with E-state index in [1.165, 1.54) is 22.7 Å². The number of likely N-dealkylation sites (tertiary alicyclic amines) is 1. The summed E-state index contributed by atoms with van der Waals surface area (Å²) in [5, 5.41) is 3.14. The molecule has 0 radical (unpaired) electrons. The van der Waals surface area contributed by atoms with E-state index in [2.05, 4.69) is 22.3 Å².